The molecule has 6 aromatic rings. The Labute approximate surface area is 321 Å². The van der Waals surface area contributed by atoms with E-state index >= 15 is 0 Å². The first kappa shape index (κ1) is 16.3. The normalized spacial score (nSPS) is 30.8. The van der Waals surface area contributed by atoms with Crippen molar-refractivity contribution < 1.29 is 28.8 Å². The van der Waals surface area contributed by atoms with E-state index in [1.165, 1.54) is 28.8 Å². The fourth-order valence-electron chi connectivity index (χ4n) is 4.48. The van der Waals surface area contributed by atoms with Crippen molar-refractivity contribution in [2.75, 3.05) is 26.0 Å². The summed E-state index contributed by atoms with van der Waals surface area (Å²) < 4.78 is 167. The van der Waals surface area contributed by atoms with Crippen molar-refractivity contribution in [3.05, 3.63) is 130 Å². The summed E-state index contributed by atoms with van der Waals surface area (Å²) in [4.78, 5) is 9.23. The average Bonchev–Trinajstić information content (AvgIpc) is 3.87. The molecule has 2 fully saturated rings. The van der Waals surface area contributed by atoms with E-state index in [4.69, 9.17) is 63.6 Å². The number of nitrogens with zero attached hydrogens (tertiary/aromatic N) is 5. The number of imidazole rings is 2. The maximum atomic E-state index is 8.84. The van der Waals surface area contributed by atoms with E-state index < -0.39 is 71.0 Å². The quantitative estimate of drug-likeness (QED) is 0.168. The summed E-state index contributed by atoms with van der Waals surface area (Å²) >= 11 is 17.8. The summed E-state index contributed by atoms with van der Waals surface area (Å²) in [5, 5.41) is 0.691. The Morgan fingerprint density at radius 2 is 1.13 bits per heavy atom. The smallest absolute Gasteiger partial charge is 0.125 e. The van der Waals surface area contributed by atoms with E-state index in [0.717, 1.165) is 5.52 Å². The summed E-state index contributed by atoms with van der Waals surface area (Å²) in [5.74, 6) is 0.553. The molecule has 0 spiro atoms. The van der Waals surface area contributed by atoms with Gasteiger partial charge in [-0.2, -0.15) is 0 Å². The zero-order valence-electron chi connectivity index (χ0n) is 45.5. The number of likely N-dealkylation sites (tertiary alicyclic amines) is 1. The molecule has 47 heavy (non-hydrogen) atoms. The summed E-state index contributed by atoms with van der Waals surface area (Å²) in [6.45, 7) is -16.7. The molecule has 4 heterocycles. The van der Waals surface area contributed by atoms with E-state index in [2.05, 4.69) is 9.97 Å². The largest absolute Gasteiger partial charge is 0.322 e. The van der Waals surface area contributed by atoms with E-state index in [1.54, 1.807) is 53.1 Å². The van der Waals surface area contributed by atoms with Crippen LogP contribution in [-0.4, -0.2) is 50.0 Å². The van der Waals surface area contributed by atoms with Crippen LogP contribution < -0.4 is 5.31 Å². The summed E-state index contributed by atoms with van der Waals surface area (Å²) in [6, 6.07) is 26.7. The van der Waals surface area contributed by atoms with Crippen LogP contribution in [0, 0.1) is 0 Å². The number of para-hydroxylation sites is 4. The van der Waals surface area contributed by atoms with Gasteiger partial charge in [0.15, 0.2) is 0 Å². The summed E-state index contributed by atoms with van der Waals surface area (Å²) in [5.41, 5.74) is 2.89. The molecule has 0 bridgehead atoms. The van der Waals surface area contributed by atoms with Crippen LogP contribution in [0.5, 0.6) is 0 Å². The van der Waals surface area contributed by atoms with Gasteiger partial charge in [0.1, 0.15) is 13.1 Å². The monoisotopic (exact) mass is 707 g/mol. The highest BCUT2D eigenvalue weighted by molar-refractivity contribution is 6.30. The van der Waals surface area contributed by atoms with Gasteiger partial charge in [-0.05, 0) is 111 Å². The van der Waals surface area contributed by atoms with Gasteiger partial charge >= 0.3 is 0 Å². The third-order valence-corrected chi connectivity index (χ3v) is 7.32. The molecule has 8 rings (SSSR count). The topological polar surface area (TPSA) is 50.9 Å². The maximum absolute atomic E-state index is 8.84. The number of halogens is 3. The molecular formula is C38H41Cl3N6. The highest BCUT2D eigenvalue weighted by Crippen LogP contribution is 2.22. The molecule has 0 saturated carbocycles. The molecule has 2 aliphatic rings. The Bertz CT molecular complexity index is 2750. The Hall–Kier alpha value is -3.39. The van der Waals surface area contributed by atoms with Gasteiger partial charge in [0.25, 0.3) is 0 Å². The summed E-state index contributed by atoms with van der Waals surface area (Å²) in [7, 11) is 0. The average molecular weight is 709 g/mol. The van der Waals surface area contributed by atoms with Gasteiger partial charge in [0.05, 0.1) is 40.0 Å². The van der Waals surface area contributed by atoms with E-state index in [-0.39, 0.29) is 22.6 Å². The van der Waals surface area contributed by atoms with Crippen molar-refractivity contribution in [2.24, 2.45) is 0 Å². The van der Waals surface area contributed by atoms with Gasteiger partial charge in [0.2, 0.25) is 0 Å². The van der Waals surface area contributed by atoms with Crippen LogP contribution in [0.3, 0.4) is 0 Å². The van der Waals surface area contributed by atoms with Gasteiger partial charge in [0, 0.05) is 45.0 Å². The first-order chi connectivity index (χ1) is 31.0. The molecule has 0 radical (unpaired) electrons. The molecular weight excluding hydrogens is 647 g/mol. The molecule has 1 N–H and O–H groups in total. The van der Waals surface area contributed by atoms with Crippen molar-refractivity contribution in [3.8, 4) is 0 Å². The van der Waals surface area contributed by atoms with E-state index in [0.29, 0.717) is 42.9 Å². The third kappa shape index (κ3) is 8.95. The molecule has 0 amide bonds. The van der Waals surface area contributed by atoms with Gasteiger partial charge in [-0.3, -0.25) is 4.90 Å². The van der Waals surface area contributed by atoms with Crippen molar-refractivity contribution in [2.45, 2.75) is 50.9 Å². The van der Waals surface area contributed by atoms with Crippen LogP contribution in [0.25, 0.3) is 22.1 Å². The highest BCUT2D eigenvalue weighted by atomic mass is 35.5. The second-order valence-corrected chi connectivity index (χ2v) is 10.9. The fraction of sp³-hybridized carbons (Fsp3) is 0.316. The lowest BCUT2D eigenvalue weighted by atomic mass is 10.2. The van der Waals surface area contributed by atoms with Gasteiger partial charge in [-0.25, -0.2) is 9.97 Å². The Kier molecular flexibility index (Phi) is 5.78. The minimum atomic E-state index is -3.18. The number of hydrogen-bond donors (Lipinski definition) is 1. The van der Waals surface area contributed by atoms with Crippen LogP contribution in [0.2, 0.25) is 11.5 Å². The molecule has 6 nitrogen and oxygen atoms in total. The molecule has 9 heteroatoms. The molecule has 4 aromatic carbocycles. The Balaban J connectivity index is 0.000000185. The van der Waals surface area contributed by atoms with E-state index in [9.17, 15) is 0 Å². The van der Waals surface area contributed by atoms with Gasteiger partial charge < -0.3 is 14.4 Å². The minimum Gasteiger partial charge on any atom is -0.322 e. The van der Waals surface area contributed by atoms with E-state index in [1.807, 2.05) is 24.3 Å². The molecule has 0 atom stereocenters. The lowest BCUT2D eigenvalue weighted by Gasteiger charge is -2.16. The molecule has 2 aromatic heterocycles. The van der Waals surface area contributed by atoms with Crippen LogP contribution in [0.15, 0.2) is 97.1 Å². The number of benzene rings is 4. The standard InChI is InChI=1S/C19H20ClN3.C15H12Cl2N2.C4H9N/c20-16-9-7-15(8-10-16)13-23-18-6-2-1-5-17(18)21-19(23)14-22-11-3-4-12-22;16-9-15-18-13-3-1-2-4-14(13)19(15)10-11-5-7-12(17)8-6-11;1-2-4-5-3-1/h1-2,5-10H,3-4,11-14H2;1-8H,9-10H2;5H,1-4H2/i3D2,4D2,11D2,12D2,13D2;10D2;1D2,2D2,3D2,4D2/hD. The first-order valence-corrected chi connectivity index (χ1v) is 15.4. The molecule has 0 unspecified atom stereocenters. The molecule has 2 saturated heterocycles. The second kappa shape index (κ2) is 16.6. The molecule has 2 aliphatic heterocycles. The third-order valence-electron chi connectivity index (χ3n) is 6.58. The van der Waals surface area contributed by atoms with Crippen LogP contribution in [-0.2, 0) is 25.4 Å². The fourth-order valence-corrected chi connectivity index (χ4v) is 4.91. The van der Waals surface area contributed by atoms with Crippen LogP contribution in [0.1, 0.15) is 75.7 Å². The zero-order valence-corrected chi connectivity index (χ0v) is 26.7. The number of alkyl halides is 1. The Morgan fingerprint density at radius 1 is 0.660 bits per heavy atom. The number of aromatic nitrogens is 4. The van der Waals surface area contributed by atoms with Gasteiger partial charge in [-0.15, -0.1) is 11.6 Å². The Morgan fingerprint density at radius 3 is 1.60 bits per heavy atom. The molecule has 244 valence electrons. The SMILES string of the molecule is [2H]C([2H])(c1ccc(Cl)cc1)n1c(CCl)nc2ccccc21.[2H]C([2H])(c1ccc(Cl)cc1)n1c(CN2C([2H])([2H])C([2H])([2H])C([2H])([2H])C2([2H])[2H])nc2ccccc21.[2H]N1C([2H])([2H])C([2H])([2H])C([2H])([2H])C1([2H])[2H]. The first-order valence-electron chi connectivity index (χ1n) is 24.5. The predicted molar refractivity (Wildman–Crippen MR) is 197 cm³/mol. The van der Waals surface area contributed by atoms with Crippen LogP contribution in [0.4, 0.5) is 0 Å². The lowest BCUT2D eigenvalue weighted by molar-refractivity contribution is 0.318. The highest BCUT2D eigenvalue weighted by Gasteiger charge is 2.17. The lowest BCUT2D eigenvalue weighted by Crippen LogP contribution is -2.21. The molecule has 0 aliphatic carbocycles. The minimum absolute atomic E-state index is 0.0857. The van der Waals surface area contributed by atoms with Crippen molar-refractivity contribution in [1.82, 2.24) is 29.3 Å². The van der Waals surface area contributed by atoms with Gasteiger partial charge in [-0.1, -0.05) is 71.7 Å². The van der Waals surface area contributed by atoms with Crippen molar-refractivity contribution in [3.63, 3.8) is 0 Å². The number of nitrogens with one attached hydrogen (secondary N) is 1. The van der Waals surface area contributed by atoms with Crippen LogP contribution >= 0.6 is 34.8 Å². The number of fused-ring (bicyclic) bond motifs is 2. The van der Waals surface area contributed by atoms with Crippen molar-refractivity contribution >= 4 is 56.9 Å². The second-order valence-electron chi connectivity index (χ2n) is 9.72. The zero-order chi connectivity index (χ0) is 51.2. The number of rotatable bonds is 7. The summed E-state index contributed by atoms with van der Waals surface area (Å²) in [6.07, 6.45) is -12.5. The maximum Gasteiger partial charge on any atom is 0.125 e. The van der Waals surface area contributed by atoms with Crippen molar-refractivity contribution in [1.29, 1.82) is 0 Å². The predicted octanol–water partition coefficient (Wildman–Crippen LogP) is 9.18. The number of hydrogen-bond acceptors (Lipinski definition) is 4.